The van der Waals surface area contributed by atoms with Crippen molar-refractivity contribution in [2.45, 2.75) is 37.3 Å². The Balaban J connectivity index is 1.62. The zero-order valence-corrected chi connectivity index (χ0v) is 17.7. The Kier molecular flexibility index (Phi) is 7.62. The molecule has 0 aliphatic rings. The van der Waals surface area contributed by atoms with Crippen LogP contribution in [-0.4, -0.2) is 28.6 Å². The van der Waals surface area contributed by atoms with E-state index >= 15 is 0 Å². The summed E-state index contributed by atoms with van der Waals surface area (Å²) in [5.41, 5.74) is 1.59. The lowest BCUT2D eigenvalue weighted by molar-refractivity contribution is 0.0499. The van der Waals surface area contributed by atoms with Gasteiger partial charge in [0.05, 0.1) is 23.5 Å². The third-order valence-electron chi connectivity index (χ3n) is 4.16. The highest BCUT2D eigenvalue weighted by Gasteiger charge is 2.14. The van der Waals surface area contributed by atoms with Gasteiger partial charge in [0.15, 0.2) is 5.82 Å². The number of unbranched alkanes of at least 4 members (excludes halogenated alkanes) is 1. The van der Waals surface area contributed by atoms with E-state index in [-0.39, 0.29) is 11.9 Å². The maximum Gasteiger partial charge on any atom is 0.338 e. The second kappa shape index (κ2) is 10.6. The molecule has 30 heavy (non-hydrogen) atoms. The van der Waals surface area contributed by atoms with Crippen LogP contribution in [0.15, 0.2) is 57.9 Å². The first-order valence-electron chi connectivity index (χ1n) is 9.66. The minimum atomic E-state index is -0.362. The number of ether oxygens (including phenoxy) is 1. The quantitative estimate of drug-likeness (QED) is 0.297. The van der Waals surface area contributed by atoms with Crippen molar-refractivity contribution < 1.29 is 18.8 Å². The fraction of sp³-hybridized carbons (Fsp3) is 0.273. The molecule has 0 saturated carbocycles. The van der Waals surface area contributed by atoms with Gasteiger partial charge in [-0.25, -0.2) is 4.79 Å². The van der Waals surface area contributed by atoms with E-state index < -0.39 is 0 Å². The van der Waals surface area contributed by atoms with Crippen molar-refractivity contribution in [1.82, 2.24) is 10.1 Å². The van der Waals surface area contributed by atoms with Crippen molar-refractivity contribution >= 4 is 29.3 Å². The summed E-state index contributed by atoms with van der Waals surface area (Å²) in [6, 6.07) is 14.0. The smallest absolute Gasteiger partial charge is 0.338 e. The van der Waals surface area contributed by atoms with Crippen LogP contribution in [0.3, 0.4) is 0 Å². The number of rotatable bonds is 9. The van der Waals surface area contributed by atoms with E-state index in [9.17, 15) is 9.59 Å². The molecule has 1 aromatic heterocycles. The molecule has 0 aliphatic carbocycles. The summed E-state index contributed by atoms with van der Waals surface area (Å²) in [6.07, 6.45) is 1.80. The van der Waals surface area contributed by atoms with Crippen LogP contribution in [0.5, 0.6) is 0 Å². The predicted octanol–water partition coefficient (Wildman–Crippen LogP) is 4.88. The van der Waals surface area contributed by atoms with Crippen LogP contribution < -0.4 is 5.32 Å². The first-order chi connectivity index (χ1) is 14.6. The molecule has 0 spiro atoms. The van der Waals surface area contributed by atoms with Crippen molar-refractivity contribution in [2.24, 2.45) is 0 Å². The van der Waals surface area contributed by atoms with Crippen molar-refractivity contribution in [2.75, 3.05) is 11.9 Å². The van der Waals surface area contributed by atoms with Crippen LogP contribution in [0.4, 0.5) is 5.69 Å². The van der Waals surface area contributed by atoms with Gasteiger partial charge in [0.1, 0.15) is 0 Å². The van der Waals surface area contributed by atoms with Crippen molar-refractivity contribution in [3.05, 3.63) is 71.4 Å². The Morgan fingerprint density at radius 1 is 1.13 bits per heavy atom. The summed E-state index contributed by atoms with van der Waals surface area (Å²) < 4.78 is 10.3. The van der Waals surface area contributed by atoms with Crippen molar-refractivity contribution in [3.63, 3.8) is 0 Å². The highest BCUT2D eigenvalue weighted by Crippen LogP contribution is 2.26. The summed E-state index contributed by atoms with van der Waals surface area (Å²) in [4.78, 5) is 29.7. The highest BCUT2D eigenvalue weighted by molar-refractivity contribution is 7.98. The van der Waals surface area contributed by atoms with Crippen LogP contribution in [0.25, 0.3) is 0 Å². The Hall–Kier alpha value is -3.13. The van der Waals surface area contributed by atoms with Crippen LogP contribution in [0.1, 0.15) is 52.2 Å². The molecule has 0 unspecified atom stereocenters. The van der Waals surface area contributed by atoms with Gasteiger partial charge in [0.25, 0.3) is 5.91 Å². The largest absolute Gasteiger partial charge is 0.462 e. The fourth-order valence-electron chi connectivity index (χ4n) is 2.60. The Morgan fingerprint density at radius 2 is 1.90 bits per heavy atom. The van der Waals surface area contributed by atoms with Gasteiger partial charge in [0.2, 0.25) is 5.89 Å². The second-order valence-electron chi connectivity index (χ2n) is 6.54. The molecule has 2 aromatic carbocycles. The molecule has 8 heteroatoms. The molecule has 0 bridgehead atoms. The Morgan fingerprint density at radius 3 is 2.60 bits per heavy atom. The molecular weight excluding hydrogens is 402 g/mol. The van der Waals surface area contributed by atoms with Gasteiger partial charge >= 0.3 is 5.97 Å². The Labute approximate surface area is 179 Å². The molecule has 1 N–H and O–H groups in total. The minimum Gasteiger partial charge on any atom is -0.462 e. The number of aryl methyl sites for hydroxylation is 1. The highest BCUT2D eigenvalue weighted by atomic mass is 32.2. The molecule has 1 heterocycles. The van der Waals surface area contributed by atoms with Gasteiger partial charge < -0.3 is 14.6 Å². The van der Waals surface area contributed by atoms with Gasteiger partial charge in [-0.3, -0.25) is 4.79 Å². The van der Waals surface area contributed by atoms with E-state index in [0.29, 0.717) is 40.9 Å². The zero-order valence-electron chi connectivity index (χ0n) is 16.9. The van der Waals surface area contributed by atoms with E-state index in [4.69, 9.17) is 9.26 Å². The minimum absolute atomic E-state index is 0.238. The summed E-state index contributed by atoms with van der Waals surface area (Å²) in [6.45, 7) is 4.20. The topological polar surface area (TPSA) is 94.3 Å². The standard InChI is InChI=1S/C22H23N3O4S/c1-3-4-13-28-22(27)16-9-11-17(12-10-16)24-21(26)18-7-5-6-8-19(18)30-14-20-23-15(2)25-29-20/h5-12H,3-4,13-14H2,1-2H3,(H,24,26). The molecule has 0 aliphatic heterocycles. The predicted molar refractivity (Wildman–Crippen MR) is 115 cm³/mol. The average molecular weight is 426 g/mol. The van der Waals surface area contributed by atoms with E-state index in [1.165, 1.54) is 11.8 Å². The van der Waals surface area contributed by atoms with Gasteiger partial charge in [-0.15, -0.1) is 11.8 Å². The van der Waals surface area contributed by atoms with Crippen LogP contribution in [-0.2, 0) is 10.5 Å². The summed E-state index contributed by atoms with van der Waals surface area (Å²) >= 11 is 1.45. The normalized spacial score (nSPS) is 10.6. The number of aromatic nitrogens is 2. The monoisotopic (exact) mass is 425 g/mol. The van der Waals surface area contributed by atoms with Crippen LogP contribution in [0, 0.1) is 6.92 Å². The lowest BCUT2D eigenvalue weighted by atomic mass is 10.2. The molecule has 0 saturated heterocycles. The van der Waals surface area contributed by atoms with Gasteiger partial charge in [-0.2, -0.15) is 4.98 Å². The average Bonchev–Trinajstić information content (AvgIpc) is 3.18. The van der Waals surface area contributed by atoms with E-state index in [0.717, 1.165) is 17.7 Å². The number of anilines is 1. The number of carbonyl (C=O) groups is 2. The number of carbonyl (C=O) groups excluding carboxylic acids is 2. The van der Waals surface area contributed by atoms with Crippen molar-refractivity contribution in [3.8, 4) is 0 Å². The maximum absolute atomic E-state index is 12.8. The molecule has 7 nitrogen and oxygen atoms in total. The van der Waals surface area contributed by atoms with Crippen LogP contribution >= 0.6 is 11.8 Å². The molecule has 3 aromatic rings. The molecule has 0 fully saturated rings. The molecule has 156 valence electrons. The maximum atomic E-state index is 12.8. The molecule has 0 atom stereocenters. The van der Waals surface area contributed by atoms with E-state index in [1.807, 2.05) is 25.1 Å². The number of esters is 1. The van der Waals surface area contributed by atoms with E-state index in [1.54, 1.807) is 37.3 Å². The summed E-state index contributed by atoms with van der Waals surface area (Å²) in [5.74, 6) is 0.959. The first kappa shape index (κ1) is 21.6. The number of nitrogens with one attached hydrogen (secondary N) is 1. The molecular formula is C22H23N3O4S. The SMILES string of the molecule is CCCCOC(=O)c1ccc(NC(=O)c2ccccc2SCc2nc(C)no2)cc1. The van der Waals surface area contributed by atoms with Gasteiger partial charge in [-0.1, -0.05) is 30.6 Å². The lowest BCUT2D eigenvalue weighted by Crippen LogP contribution is -2.13. The fourth-order valence-corrected chi connectivity index (χ4v) is 3.49. The zero-order chi connectivity index (χ0) is 21.3. The number of hydrogen-bond donors (Lipinski definition) is 1. The van der Waals surface area contributed by atoms with Gasteiger partial charge in [-0.05, 0) is 49.7 Å². The second-order valence-corrected chi connectivity index (χ2v) is 7.56. The number of hydrogen-bond acceptors (Lipinski definition) is 7. The number of benzene rings is 2. The summed E-state index contributed by atoms with van der Waals surface area (Å²) in [5, 5.41) is 6.63. The first-order valence-corrected chi connectivity index (χ1v) is 10.6. The third kappa shape index (κ3) is 5.93. The molecule has 1 amide bonds. The molecule has 3 rings (SSSR count). The number of amides is 1. The molecule has 0 radical (unpaired) electrons. The lowest BCUT2D eigenvalue weighted by Gasteiger charge is -2.10. The van der Waals surface area contributed by atoms with Crippen molar-refractivity contribution in [1.29, 1.82) is 0 Å². The van der Waals surface area contributed by atoms with Crippen LogP contribution in [0.2, 0.25) is 0 Å². The number of thioether (sulfide) groups is 1. The third-order valence-corrected chi connectivity index (χ3v) is 5.22. The van der Waals surface area contributed by atoms with Gasteiger partial charge in [0, 0.05) is 10.6 Å². The Bertz CT molecular complexity index is 1000. The van der Waals surface area contributed by atoms with E-state index in [2.05, 4.69) is 15.5 Å². The number of nitrogens with zero attached hydrogens (tertiary/aromatic N) is 2. The summed E-state index contributed by atoms with van der Waals surface area (Å²) in [7, 11) is 0.